The molecule has 1 aromatic heterocycles. The second-order valence-electron chi connectivity index (χ2n) is 10.0. The lowest BCUT2D eigenvalue weighted by Crippen LogP contribution is -2.37. The quantitative estimate of drug-likeness (QED) is 0.256. The van der Waals surface area contributed by atoms with Gasteiger partial charge in [-0.2, -0.15) is 0 Å². The minimum atomic E-state index is -0.525. The van der Waals surface area contributed by atoms with Crippen LogP contribution in [0.5, 0.6) is 5.75 Å². The van der Waals surface area contributed by atoms with Crippen LogP contribution < -0.4 is 4.85 Å². The molecule has 5 aromatic rings. The number of phenols is 1. The Morgan fingerprint density at radius 3 is 1.86 bits per heavy atom. The van der Waals surface area contributed by atoms with E-state index in [-0.39, 0.29) is 11.2 Å². The van der Waals surface area contributed by atoms with Gasteiger partial charge >= 0.3 is 0 Å². The molecule has 5 heteroatoms. The minimum Gasteiger partial charge on any atom is -0.692 e. The second-order valence-corrected chi connectivity index (χ2v) is 10.0. The number of aromatic hydroxyl groups is 1. The Labute approximate surface area is 205 Å². The Morgan fingerprint density at radius 1 is 0.714 bits per heavy atom. The summed E-state index contributed by atoms with van der Waals surface area (Å²) in [5, 5.41) is 29.4. The smallest absolute Gasteiger partial charge is 0.250 e. The van der Waals surface area contributed by atoms with Crippen molar-refractivity contribution < 1.29 is 9.95 Å². The van der Waals surface area contributed by atoms with E-state index in [4.69, 9.17) is 0 Å². The first-order valence-electron chi connectivity index (χ1n) is 11.8. The van der Waals surface area contributed by atoms with Gasteiger partial charge in [0.15, 0.2) is 11.4 Å². The lowest BCUT2D eigenvalue weighted by molar-refractivity contribution is -0.664. The van der Waals surface area contributed by atoms with Crippen molar-refractivity contribution >= 4 is 11.0 Å². The average Bonchev–Trinajstić information content (AvgIpc) is 3.21. The molecule has 0 aliphatic rings. The maximum atomic E-state index is 13.2. The van der Waals surface area contributed by atoms with Gasteiger partial charge < -0.3 is 10.3 Å². The summed E-state index contributed by atoms with van der Waals surface area (Å²) in [5.74, 6) is 0.0453. The molecular formula is C30H29N3O2. The van der Waals surface area contributed by atoms with E-state index >= 15 is 0 Å². The number of hydrogen-bond donors (Lipinski definition) is 1. The second kappa shape index (κ2) is 8.27. The van der Waals surface area contributed by atoms with Crippen LogP contribution in [0.4, 0.5) is 0 Å². The monoisotopic (exact) mass is 463 g/mol. The van der Waals surface area contributed by atoms with E-state index in [1.54, 1.807) is 12.1 Å². The summed E-state index contributed by atoms with van der Waals surface area (Å²) < 4.78 is 0. The normalized spacial score (nSPS) is 12.2. The summed E-state index contributed by atoms with van der Waals surface area (Å²) in [4.78, 5) is 2.00. The molecule has 0 radical (unpaired) electrons. The number of hydrogen-bond acceptors (Lipinski definition) is 3. The Balaban J connectivity index is 1.81. The molecule has 0 fully saturated rings. The summed E-state index contributed by atoms with van der Waals surface area (Å²) in [5.41, 5.74) is 4.39. The molecule has 4 aromatic carbocycles. The van der Waals surface area contributed by atoms with Crippen molar-refractivity contribution in [1.82, 2.24) is 9.90 Å². The maximum Gasteiger partial charge on any atom is 0.250 e. The third kappa shape index (κ3) is 3.73. The Hall–Kier alpha value is -4.12. The van der Waals surface area contributed by atoms with E-state index in [9.17, 15) is 10.3 Å². The molecule has 5 nitrogen and oxygen atoms in total. The fraction of sp³-hybridized carbons (Fsp3) is 0.200. The van der Waals surface area contributed by atoms with Gasteiger partial charge in [0.2, 0.25) is 11.0 Å². The zero-order valence-corrected chi connectivity index (χ0v) is 20.4. The standard InChI is InChI=1S/C30H29N3O2/c1-29(2,21-13-7-5-8-14-21)23-19-24(30(3,4)22-15-9-6-10-16-22)28(34)27(20-23)32-31-25-17-11-12-18-26(25)33(32)35/h5-20,34H,1-4H3. The summed E-state index contributed by atoms with van der Waals surface area (Å²) >= 11 is 0. The molecule has 0 saturated heterocycles. The third-order valence-corrected chi connectivity index (χ3v) is 7.15. The molecular weight excluding hydrogens is 434 g/mol. The van der Waals surface area contributed by atoms with E-state index < -0.39 is 5.41 Å². The van der Waals surface area contributed by atoms with Crippen molar-refractivity contribution in [2.75, 3.05) is 0 Å². The molecule has 176 valence electrons. The first kappa shape index (κ1) is 22.7. The number of phenolic OH excluding ortho intramolecular Hbond substituents is 1. The van der Waals surface area contributed by atoms with E-state index in [0.29, 0.717) is 16.7 Å². The number of benzene rings is 4. The molecule has 0 amide bonds. The SMILES string of the molecule is CC(C)(c1ccccc1)c1cc(-n2nc3ccccc3[n+]2[O-])c(O)c(C(C)(C)c2ccccc2)c1. The van der Waals surface area contributed by atoms with Crippen LogP contribution in [0.3, 0.4) is 0 Å². The maximum absolute atomic E-state index is 13.2. The van der Waals surface area contributed by atoms with Crippen LogP contribution in [0, 0.1) is 5.21 Å². The summed E-state index contributed by atoms with van der Waals surface area (Å²) in [6.45, 7) is 8.49. The van der Waals surface area contributed by atoms with Gasteiger partial charge in [-0.05, 0) is 39.7 Å². The van der Waals surface area contributed by atoms with Crippen LogP contribution in [0.1, 0.15) is 49.9 Å². The molecule has 0 spiro atoms. The summed E-state index contributed by atoms with van der Waals surface area (Å²) in [7, 11) is 0. The molecule has 0 bridgehead atoms. The van der Waals surface area contributed by atoms with Crippen LogP contribution in [-0.2, 0) is 10.8 Å². The van der Waals surface area contributed by atoms with Crippen molar-refractivity contribution in [3.05, 3.63) is 125 Å². The number of nitrogens with zero attached hydrogens (tertiary/aromatic N) is 3. The van der Waals surface area contributed by atoms with Crippen LogP contribution in [0.25, 0.3) is 16.7 Å². The highest BCUT2D eigenvalue weighted by Crippen LogP contribution is 2.43. The summed E-state index contributed by atoms with van der Waals surface area (Å²) in [6.07, 6.45) is 0. The van der Waals surface area contributed by atoms with Gasteiger partial charge in [-0.3, -0.25) is 0 Å². The Bertz CT molecular complexity index is 1500. The number of rotatable bonds is 5. The third-order valence-electron chi connectivity index (χ3n) is 7.15. The van der Waals surface area contributed by atoms with E-state index in [1.165, 1.54) is 4.80 Å². The minimum absolute atomic E-state index is 0.0453. The molecule has 0 aliphatic carbocycles. The first-order chi connectivity index (χ1) is 16.7. The van der Waals surface area contributed by atoms with Crippen LogP contribution >= 0.6 is 0 Å². The zero-order chi connectivity index (χ0) is 24.8. The van der Waals surface area contributed by atoms with Crippen molar-refractivity contribution in [2.24, 2.45) is 0 Å². The fourth-order valence-electron chi connectivity index (χ4n) is 4.75. The number of aromatic nitrogens is 3. The van der Waals surface area contributed by atoms with Crippen LogP contribution in [0.2, 0.25) is 0 Å². The largest absolute Gasteiger partial charge is 0.692 e. The van der Waals surface area contributed by atoms with E-state index in [2.05, 4.69) is 63.1 Å². The van der Waals surface area contributed by atoms with Crippen LogP contribution in [-0.4, -0.2) is 15.0 Å². The highest BCUT2D eigenvalue weighted by atomic mass is 16.5. The predicted octanol–water partition coefficient (Wildman–Crippen LogP) is 6.02. The van der Waals surface area contributed by atoms with Gasteiger partial charge in [-0.1, -0.05) is 107 Å². The fourth-order valence-corrected chi connectivity index (χ4v) is 4.75. The Kier molecular flexibility index (Phi) is 5.36. The van der Waals surface area contributed by atoms with E-state index in [1.807, 2.05) is 54.6 Å². The molecule has 0 saturated carbocycles. The van der Waals surface area contributed by atoms with Gasteiger partial charge in [0.1, 0.15) is 0 Å². The topological polar surface area (TPSA) is 65.0 Å². The summed E-state index contributed by atoms with van der Waals surface area (Å²) in [6, 6.07) is 31.5. The molecule has 1 N–H and O–H groups in total. The molecule has 35 heavy (non-hydrogen) atoms. The molecule has 0 unspecified atom stereocenters. The zero-order valence-electron chi connectivity index (χ0n) is 20.4. The van der Waals surface area contributed by atoms with Crippen molar-refractivity contribution in [2.45, 2.75) is 38.5 Å². The van der Waals surface area contributed by atoms with Crippen LogP contribution in [0.15, 0.2) is 97.1 Å². The lowest BCUT2D eigenvalue weighted by atomic mass is 9.72. The molecule has 0 aliphatic heterocycles. The van der Waals surface area contributed by atoms with Crippen molar-refractivity contribution in [1.29, 1.82) is 0 Å². The molecule has 1 heterocycles. The van der Waals surface area contributed by atoms with E-state index in [0.717, 1.165) is 27.1 Å². The Morgan fingerprint density at radius 2 is 1.26 bits per heavy atom. The van der Waals surface area contributed by atoms with Gasteiger partial charge in [-0.15, -0.1) is 4.85 Å². The number of para-hydroxylation sites is 1. The van der Waals surface area contributed by atoms with Gasteiger partial charge in [0.05, 0.1) is 5.10 Å². The van der Waals surface area contributed by atoms with Crippen molar-refractivity contribution in [3.8, 4) is 11.4 Å². The molecule has 0 atom stereocenters. The molecule has 5 rings (SSSR count). The average molecular weight is 464 g/mol. The van der Waals surface area contributed by atoms with Gasteiger partial charge in [0, 0.05) is 16.4 Å². The highest BCUT2D eigenvalue weighted by Gasteiger charge is 2.34. The van der Waals surface area contributed by atoms with Gasteiger partial charge in [0.25, 0.3) is 0 Å². The first-order valence-corrected chi connectivity index (χ1v) is 11.8. The van der Waals surface area contributed by atoms with Gasteiger partial charge in [-0.25, -0.2) is 0 Å². The van der Waals surface area contributed by atoms with Crippen molar-refractivity contribution in [3.63, 3.8) is 0 Å². The predicted molar refractivity (Wildman–Crippen MR) is 139 cm³/mol. The highest BCUT2D eigenvalue weighted by molar-refractivity contribution is 5.71. The number of fused-ring (bicyclic) bond motifs is 1. The lowest BCUT2D eigenvalue weighted by Gasteiger charge is -2.32.